The third-order valence-electron chi connectivity index (χ3n) is 3.65. The maximum Gasteiger partial charge on any atom is 0.407 e. The molecule has 0 saturated carbocycles. The predicted molar refractivity (Wildman–Crippen MR) is 94.5 cm³/mol. The monoisotopic (exact) mass is 349 g/mol. The molecule has 0 fully saturated rings. The molecule has 0 unspecified atom stereocenters. The van der Waals surface area contributed by atoms with Gasteiger partial charge in [0.05, 0.1) is 0 Å². The van der Waals surface area contributed by atoms with Gasteiger partial charge in [0.25, 0.3) is 0 Å². The highest BCUT2D eigenvalue weighted by Crippen LogP contribution is 2.02. The van der Waals surface area contributed by atoms with Crippen LogP contribution in [0.15, 0.2) is 30.3 Å². The van der Waals surface area contributed by atoms with Crippen molar-refractivity contribution in [2.45, 2.75) is 51.7 Å². The largest absolute Gasteiger partial charge is 0.445 e. The summed E-state index contributed by atoms with van der Waals surface area (Å²) in [5.74, 6) is -0.699. The normalized spacial score (nSPS) is 11.4. The number of nitrogens with one attached hydrogen (secondary N) is 2. The Morgan fingerprint density at radius 2 is 1.84 bits per heavy atom. The summed E-state index contributed by atoms with van der Waals surface area (Å²) in [7, 11) is 0. The van der Waals surface area contributed by atoms with Crippen LogP contribution in [-0.4, -0.2) is 30.5 Å². The Balaban J connectivity index is 2.03. The number of alkyl carbamates (subject to hydrolysis) is 1. The quantitative estimate of drug-likeness (QED) is 0.529. The van der Waals surface area contributed by atoms with E-state index >= 15 is 0 Å². The van der Waals surface area contributed by atoms with Gasteiger partial charge in [0, 0.05) is 13.0 Å². The van der Waals surface area contributed by atoms with Crippen LogP contribution in [0.5, 0.6) is 0 Å². The molecule has 1 rings (SSSR count). The molecular weight excluding hydrogens is 322 g/mol. The summed E-state index contributed by atoms with van der Waals surface area (Å²) in [6.45, 7) is 2.53. The lowest BCUT2D eigenvalue weighted by Crippen LogP contribution is -2.43. The molecule has 25 heavy (non-hydrogen) atoms. The molecule has 7 nitrogen and oxygen atoms in total. The fourth-order valence-corrected chi connectivity index (χ4v) is 2.19. The number of unbranched alkanes of at least 4 members (excludes halogenated alkanes) is 2. The van der Waals surface area contributed by atoms with E-state index in [1.165, 1.54) is 0 Å². The fraction of sp³-hybridized carbons (Fsp3) is 0.500. The topological polar surface area (TPSA) is 111 Å². The molecule has 4 N–H and O–H groups in total. The number of rotatable bonds is 11. The summed E-state index contributed by atoms with van der Waals surface area (Å²) >= 11 is 0. The number of amides is 3. The molecule has 1 aromatic carbocycles. The summed E-state index contributed by atoms with van der Waals surface area (Å²) in [5, 5.41) is 5.28. The Bertz CT molecular complexity index is 549. The summed E-state index contributed by atoms with van der Waals surface area (Å²) < 4.78 is 5.09. The van der Waals surface area contributed by atoms with E-state index in [0.29, 0.717) is 25.8 Å². The van der Waals surface area contributed by atoms with E-state index in [0.717, 1.165) is 18.4 Å². The summed E-state index contributed by atoms with van der Waals surface area (Å²) in [6, 6.07) is 8.85. The zero-order valence-electron chi connectivity index (χ0n) is 14.6. The van der Waals surface area contributed by atoms with Gasteiger partial charge < -0.3 is 21.1 Å². The average Bonchev–Trinajstić information content (AvgIpc) is 2.61. The molecule has 0 radical (unpaired) electrons. The van der Waals surface area contributed by atoms with E-state index in [2.05, 4.69) is 10.6 Å². The second-order valence-electron chi connectivity index (χ2n) is 5.73. The van der Waals surface area contributed by atoms with E-state index in [-0.39, 0.29) is 12.5 Å². The minimum atomic E-state index is -0.603. The summed E-state index contributed by atoms with van der Waals surface area (Å²) in [6.07, 6.45) is 2.59. The van der Waals surface area contributed by atoms with Crippen molar-refractivity contribution in [3.8, 4) is 0 Å². The fourth-order valence-electron chi connectivity index (χ4n) is 2.19. The maximum absolute atomic E-state index is 11.7. The zero-order chi connectivity index (χ0) is 18.5. The summed E-state index contributed by atoms with van der Waals surface area (Å²) in [4.78, 5) is 34.2. The van der Waals surface area contributed by atoms with Crippen LogP contribution in [0, 0.1) is 0 Å². The summed E-state index contributed by atoms with van der Waals surface area (Å²) in [5.41, 5.74) is 6.11. The Kier molecular flexibility index (Phi) is 9.74. The SMILES string of the molecule is CC[C@@H](NC(=O)CCCCCNC(=O)OCc1ccccc1)C(N)=O. The third kappa shape index (κ3) is 9.34. The number of nitrogens with two attached hydrogens (primary N) is 1. The zero-order valence-corrected chi connectivity index (χ0v) is 14.6. The van der Waals surface area contributed by atoms with Crippen molar-refractivity contribution in [2.24, 2.45) is 5.73 Å². The number of ether oxygens (including phenoxy) is 1. The number of hydrogen-bond donors (Lipinski definition) is 3. The first-order valence-corrected chi connectivity index (χ1v) is 8.56. The molecule has 1 aromatic rings. The molecule has 1 atom stereocenters. The lowest BCUT2D eigenvalue weighted by Gasteiger charge is -2.13. The van der Waals surface area contributed by atoms with Crippen LogP contribution in [0.1, 0.15) is 44.6 Å². The molecule has 0 saturated heterocycles. The van der Waals surface area contributed by atoms with Crippen LogP contribution in [0.3, 0.4) is 0 Å². The smallest absolute Gasteiger partial charge is 0.407 e. The molecule has 3 amide bonds. The molecule has 0 spiro atoms. The van der Waals surface area contributed by atoms with Gasteiger partial charge in [-0.05, 0) is 24.8 Å². The van der Waals surface area contributed by atoms with Gasteiger partial charge in [0.1, 0.15) is 12.6 Å². The third-order valence-corrected chi connectivity index (χ3v) is 3.65. The van der Waals surface area contributed by atoms with E-state index in [4.69, 9.17) is 10.5 Å². The minimum Gasteiger partial charge on any atom is -0.445 e. The van der Waals surface area contributed by atoms with Crippen LogP contribution in [0.2, 0.25) is 0 Å². The molecule has 0 aliphatic heterocycles. The average molecular weight is 349 g/mol. The van der Waals surface area contributed by atoms with Gasteiger partial charge in [-0.25, -0.2) is 4.79 Å². The number of hydrogen-bond acceptors (Lipinski definition) is 4. The predicted octanol–water partition coefficient (Wildman–Crippen LogP) is 1.85. The van der Waals surface area contributed by atoms with Gasteiger partial charge in [-0.2, -0.15) is 0 Å². The number of carbonyl (C=O) groups is 3. The van der Waals surface area contributed by atoms with Crippen LogP contribution >= 0.6 is 0 Å². The second-order valence-corrected chi connectivity index (χ2v) is 5.73. The van der Waals surface area contributed by atoms with E-state index in [1.54, 1.807) is 6.92 Å². The van der Waals surface area contributed by atoms with Gasteiger partial charge in [-0.15, -0.1) is 0 Å². The minimum absolute atomic E-state index is 0.180. The molecule has 0 aliphatic rings. The van der Waals surface area contributed by atoms with Crippen molar-refractivity contribution in [2.75, 3.05) is 6.54 Å². The maximum atomic E-state index is 11.7. The number of carbonyl (C=O) groups excluding carboxylic acids is 3. The lowest BCUT2D eigenvalue weighted by molar-refractivity contribution is -0.127. The standard InChI is InChI=1S/C18H27N3O4/c1-2-15(17(19)23)21-16(22)11-7-4-8-12-20-18(24)25-13-14-9-5-3-6-10-14/h3,5-6,9-10,15H,2,4,7-8,11-13H2,1H3,(H2,19,23)(H,20,24)(H,21,22)/t15-/m1/s1. The van der Waals surface area contributed by atoms with E-state index < -0.39 is 18.0 Å². The molecule has 0 aromatic heterocycles. The Hall–Kier alpha value is -2.57. The van der Waals surface area contributed by atoms with Crippen LogP contribution in [-0.2, 0) is 20.9 Å². The molecular formula is C18H27N3O4. The first kappa shape index (κ1) is 20.5. The van der Waals surface area contributed by atoms with Gasteiger partial charge in [0.2, 0.25) is 11.8 Å². The molecule has 0 bridgehead atoms. The highest BCUT2D eigenvalue weighted by Gasteiger charge is 2.14. The number of primary amides is 1. The van der Waals surface area contributed by atoms with Crippen molar-refractivity contribution in [1.29, 1.82) is 0 Å². The molecule has 7 heteroatoms. The van der Waals surface area contributed by atoms with Crippen molar-refractivity contribution in [3.63, 3.8) is 0 Å². The first-order chi connectivity index (χ1) is 12.0. The van der Waals surface area contributed by atoms with Crippen molar-refractivity contribution >= 4 is 17.9 Å². The van der Waals surface area contributed by atoms with Crippen LogP contribution in [0.4, 0.5) is 4.79 Å². The van der Waals surface area contributed by atoms with Gasteiger partial charge in [-0.1, -0.05) is 43.7 Å². The Labute approximate surface area is 148 Å². The van der Waals surface area contributed by atoms with Crippen molar-refractivity contribution in [1.82, 2.24) is 10.6 Å². The number of benzene rings is 1. The lowest BCUT2D eigenvalue weighted by atomic mass is 10.1. The van der Waals surface area contributed by atoms with Crippen molar-refractivity contribution < 1.29 is 19.1 Å². The van der Waals surface area contributed by atoms with Crippen LogP contribution < -0.4 is 16.4 Å². The van der Waals surface area contributed by atoms with Crippen molar-refractivity contribution in [3.05, 3.63) is 35.9 Å². The van der Waals surface area contributed by atoms with Gasteiger partial charge >= 0.3 is 6.09 Å². The van der Waals surface area contributed by atoms with E-state index in [9.17, 15) is 14.4 Å². The van der Waals surface area contributed by atoms with Gasteiger partial charge in [-0.3, -0.25) is 9.59 Å². The molecule has 138 valence electrons. The first-order valence-electron chi connectivity index (χ1n) is 8.56. The Morgan fingerprint density at radius 3 is 2.48 bits per heavy atom. The van der Waals surface area contributed by atoms with Crippen LogP contribution in [0.25, 0.3) is 0 Å². The highest BCUT2D eigenvalue weighted by molar-refractivity contribution is 5.86. The van der Waals surface area contributed by atoms with Gasteiger partial charge in [0.15, 0.2) is 0 Å². The highest BCUT2D eigenvalue weighted by atomic mass is 16.5. The van der Waals surface area contributed by atoms with E-state index in [1.807, 2.05) is 30.3 Å². The Morgan fingerprint density at radius 1 is 1.12 bits per heavy atom. The molecule has 0 aliphatic carbocycles. The second kappa shape index (κ2) is 11.9. The molecule has 0 heterocycles.